The number of ether oxygens (including phenoxy) is 1. The summed E-state index contributed by atoms with van der Waals surface area (Å²) in [6.45, 7) is 6.75. The maximum absolute atomic E-state index is 12.5. The number of nitrogens with one attached hydrogen (secondary N) is 1. The van der Waals surface area contributed by atoms with Gasteiger partial charge in [0.05, 0.1) is 12.5 Å². The quantitative estimate of drug-likeness (QED) is 0.786. The summed E-state index contributed by atoms with van der Waals surface area (Å²) in [4.78, 5) is 17.9. The molecule has 4 heteroatoms. The van der Waals surface area contributed by atoms with Gasteiger partial charge >= 0.3 is 5.97 Å². The second-order valence-corrected chi connectivity index (χ2v) is 6.39. The number of rotatable bonds is 1. The Hall–Kier alpha value is -1.39. The van der Waals surface area contributed by atoms with Crippen LogP contribution in [0.15, 0.2) is 30.3 Å². The molecule has 3 rings (SSSR count). The lowest BCUT2D eigenvalue weighted by atomic mass is 9.72. The van der Waals surface area contributed by atoms with E-state index in [0.29, 0.717) is 6.61 Å². The zero-order chi connectivity index (χ0) is 13.7. The Balaban J connectivity index is 2.08. The van der Waals surface area contributed by atoms with Crippen LogP contribution < -0.4 is 5.48 Å². The van der Waals surface area contributed by atoms with Gasteiger partial charge in [-0.2, -0.15) is 5.48 Å². The first-order chi connectivity index (χ1) is 8.96. The average Bonchev–Trinajstić information content (AvgIpc) is 2.90. The van der Waals surface area contributed by atoms with E-state index >= 15 is 0 Å². The zero-order valence-corrected chi connectivity index (χ0v) is 11.5. The summed E-state index contributed by atoms with van der Waals surface area (Å²) in [6, 6.07) is 9.69. The zero-order valence-electron chi connectivity index (χ0n) is 11.5. The topological polar surface area (TPSA) is 47.6 Å². The van der Waals surface area contributed by atoms with Gasteiger partial charge in [0.15, 0.2) is 5.54 Å². The number of hydroxylamine groups is 1. The van der Waals surface area contributed by atoms with Gasteiger partial charge in [-0.3, -0.25) is 4.84 Å². The molecule has 1 N–H and O–H groups in total. The smallest absolute Gasteiger partial charge is 0.334 e. The van der Waals surface area contributed by atoms with Crippen molar-refractivity contribution in [2.45, 2.75) is 32.4 Å². The van der Waals surface area contributed by atoms with Gasteiger partial charge in [0.1, 0.15) is 6.10 Å². The SMILES string of the molecule is CC(C)(C)[C@H]1OC(=O)[C@]2(c3ccccc3)NOC[C@H]12. The molecule has 0 saturated carbocycles. The molecule has 2 saturated heterocycles. The van der Waals surface area contributed by atoms with E-state index in [9.17, 15) is 4.79 Å². The second-order valence-electron chi connectivity index (χ2n) is 6.39. The van der Waals surface area contributed by atoms with E-state index in [1.54, 1.807) is 0 Å². The molecule has 2 aliphatic heterocycles. The van der Waals surface area contributed by atoms with Crippen LogP contribution in [0.1, 0.15) is 26.3 Å². The molecular formula is C15H19NO3. The molecule has 102 valence electrons. The normalized spacial score (nSPS) is 34.2. The van der Waals surface area contributed by atoms with Crippen molar-refractivity contribution in [3.8, 4) is 0 Å². The Morgan fingerprint density at radius 1 is 1.26 bits per heavy atom. The summed E-state index contributed by atoms with van der Waals surface area (Å²) in [6.07, 6.45) is -0.143. The third-order valence-corrected chi connectivity index (χ3v) is 4.06. The minimum atomic E-state index is -0.848. The fraction of sp³-hybridized carbons (Fsp3) is 0.533. The van der Waals surface area contributed by atoms with Crippen LogP contribution in [0.2, 0.25) is 0 Å². The van der Waals surface area contributed by atoms with E-state index in [2.05, 4.69) is 26.3 Å². The van der Waals surface area contributed by atoms with Crippen molar-refractivity contribution in [1.29, 1.82) is 0 Å². The first-order valence-corrected chi connectivity index (χ1v) is 6.62. The highest BCUT2D eigenvalue weighted by atomic mass is 16.7. The number of esters is 1. The number of fused-ring (bicyclic) bond motifs is 1. The predicted octanol–water partition coefficient (Wildman–Crippen LogP) is 2.00. The molecule has 0 radical (unpaired) electrons. The van der Waals surface area contributed by atoms with E-state index in [-0.39, 0.29) is 23.4 Å². The number of benzene rings is 1. The summed E-state index contributed by atoms with van der Waals surface area (Å²) in [7, 11) is 0. The molecule has 0 bridgehead atoms. The summed E-state index contributed by atoms with van der Waals surface area (Å²) in [5, 5.41) is 0. The van der Waals surface area contributed by atoms with Gasteiger partial charge in [-0.25, -0.2) is 4.79 Å². The monoisotopic (exact) mass is 261 g/mol. The first kappa shape index (κ1) is 12.6. The largest absolute Gasteiger partial charge is 0.460 e. The van der Waals surface area contributed by atoms with Crippen molar-refractivity contribution in [2.75, 3.05) is 6.61 Å². The molecule has 1 aromatic carbocycles. The predicted molar refractivity (Wildman–Crippen MR) is 70.0 cm³/mol. The number of carbonyl (C=O) groups excluding carboxylic acids is 1. The fourth-order valence-electron chi connectivity index (χ4n) is 3.12. The molecule has 19 heavy (non-hydrogen) atoms. The number of carbonyl (C=O) groups is 1. The Labute approximate surface area is 113 Å². The Bertz CT molecular complexity index is 494. The molecule has 2 fully saturated rings. The molecule has 4 nitrogen and oxygen atoms in total. The van der Waals surface area contributed by atoms with Crippen LogP contribution >= 0.6 is 0 Å². The minimum Gasteiger partial charge on any atom is -0.460 e. The molecule has 0 amide bonds. The lowest BCUT2D eigenvalue weighted by molar-refractivity contribution is -0.154. The minimum absolute atomic E-state index is 0.00222. The van der Waals surface area contributed by atoms with Gasteiger partial charge in [-0.1, -0.05) is 51.1 Å². The van der Waals surface area contributed by atoms with Crippen LogP contribution in [0.25, 0.3) is 0 Å². The van der Waals surface area contributed by atoms with Crippen molar-refractivity contribution in [3.05, 3.63) is 35.9 Å². The van der Waals surface area contributed by atoms with Gasteiger partial charge < -0.3 is 4.74 Å². The van der Waals surface area contributed by atoms with E-state index in [4.69, 9.17) is 9.57 Å². The highest BCUT2D eigenvalue weighted by molar-refractivity contribution is 5.86. The van der Waals surface area contributed by atoms with Crippen molar-refractivity contribution in [3.63, 3.8) is 0 Å². The van der Waals surface area contributed by atoms with Crippen LogP contribution in [0.4, 0.5) is 0 Å². The summed E-state index contributed by atoms with van der Waals surface area (Å²) in [5.74, 6) is -0.233. The standard InChI is InChI=1S/C15H19NO3/c1-14(2,3)12-11-9-18-16-15(11,13(17)19-12)10-7-5-4-6-8-10/h4-8,11-12,16H,9H2,1-3H3/t11-,12+,15-/m1/s1. The Morgan fingerprint density at radius 3 is 2.58 bits per heavy atom. The molecule has 2 heterocycles. The van der Waals surface area contributed by atoms with Crippen LogP contribution in [-0.2, 0) is 19.9 Å². The van der Waals surface area contributed by atoms with E-state index in [0.717, 1.165) is 5.56 Å². The van der Waals surface area contributed by atoms with E-state index < -0.39 is 5.54 Å². The summed E-state index contributed by atoms with van der Waals surface area (Å²) >= 11 is 0. The van der Waals surface area contributed by atoms with Crippen LogP contribution in [0.5, 0.6) is 0 Å². The van der Waals surface area contributed by atoms with Gasteiger partial charge in [-0.05, 0) is 11.0 Å². The summed E-state index contributed by atoms with van der Waals surface area (Å²) < 4.78 is 5.67. The number of hydrogen-bond donors (Lipinski definition) is 1. The molecule has 0 spiro atoms. The van der Waals surface area contributed by atoms with Crippen molar-refractivity contribution in [1.82, 2.24) is 5.48 Å². The molecule has 0 aromatic heterocycles. The maximum Gasteiger partial charge on any atom is 0.334 e. The second kappa shape index (κ2) is 4.05. The first-order valence-electron chi connectivity index (χ1n) is 6.62. The van der Waals surface area contributed by atoms with Gasteiger partial charge in [0.2, 0.25) is 0 Å². The third-order valence-electron chi connectivity index (χ3n) is 4.06. The van der Waals surface area contributed by atoms with Crippen molar-refractivity contribution < 1.29 is 14.4 Å². The lowest BCUT2D eigenvalue weighted by Crippen LogP contribution is -2.46. The highest BCUT2D eigenvalue weighted by Crippen LogP contribution is 2.48. The van der Waals surface area contributed by atoms with Crippen molar-refractivity contribution in [2.24, 2.45) is 11.3 Å². The average molecular weight is 261 g/mol. The van der Waals surface area contributed by atoms with Gasteiger partial charge in [-0.15, -0.1) is 0 Å². The van der Waals surface area contributed by atoms with Crippen LogP contribution in [0, 0.1) is 11.3 Å². The number of cyclic esters (lactones) is 1. The van der Waals surface area contributed by atoms with Crippen molar-refractivity contribution >= 4 is 5.97 Å². The molecule has 2 aliphatic rings. The molecular weight excluding hydrogens is 242 g/mol. The molecule has 0 unspecified atom stereocenters. The highest BCUT2D eigenvalue weighted by Gasteiger charge is 2.64. The van der Waals surface area contributed by atoms with Crippen LogP contribution in [0.3, 0.4) is 0 Å². The van der Waals surface area contributed by atoms with Gasteiger partial charge in [0, 0.05) is 0 Å². The third kappa shape index (κ3) is 1.70. The lowest BCUT2D eigenvalue weighted by Gasteiger charge is -2.30. The van der Waals surface area contributed by atoms with Crippen LogP contribution in [-0.4, -0.2) is 18.7 Å². The van der Waals surface area contributed by atoms with Gasteiger partial charge in [0.25, 0.3) is 0 Å². The molecule has 3 atom stereocenters. The maximum atomic E-state index is 12.5. The van der Waals surface area contributed by atoms with E-state index in [1.165, 1.54) is 0 Å². The molecule has 1 aromatic rings. The fourth-order valence-corrected chi connectivity index (χ4v) is 3.12. The summed E-state index contributed by atoms with van der Waals surface area (Å²) in [5.41, 5.74) is 2.88. The number of hydrogen-bond acceptors (Lipinski definition) is 4. The Morgan fingerprint density at radius 2 is 1.95 bits per heavy atom. The Kier molecular flexibility index (Phi) is 2.69. The molecule has 0 aliphatic carbocycles. The van der Waals surface area contributed by atoms with E-state index in [1.807, 2.05) is 30.3 Å².